The van der Waals surface area contributed by atoms with Crippen LogP contribution < -0.4 is 0 Å². The van der Waals surface area contributed by atoms with Crippen LogP contribution in [0.4, 0.5) is 0 Å². The average Bonchev–Trinajstić information content (AvgIpc) is 2.51. The van der Waals surface area contributed by atoms with E-state index >= 15 is 0 Å². The normalized spacial score (nSPS) is 12.8. The summed E-state index contributed by atoms with van der Waals surface area (Å²) in [6.45, 7) is 7.77. The Balaban J connectivity index is 2.09. The van der Waals surface area contributed by atoms with Gasteiger partial charge in [-0.3, -0.25) is 0 Å². The van der Waals surface area contributed by atoms with Gasteiger partial charge in [-0.1, -0.05) is 52.6 Å². The van der Waals surface area contributed by atoms with Crippen molar-refractivity contribution in [2.75, 3.05) is 0 Å². The Hall–Kier alpha value is -1.79. The summed E-state index contributed by atoms with van der Waals surface area (Å²) in [6.07, 6.45) is 1.61. The fourth-order valence-electron chi connectivity index (χ4n) is 2.97. The fourth-order valence-corrected chi connectivity index (χ4v) is 4.30. The summed E-state index contributed by atoms with van der Waals surface area (Å²) in [7, 11) is -1.91. The molecule has 2 atom stereocenters. The molecule has 0 saturated heterocycles. The van der Waals surface area contributed by atoms with E-state index < -0.39 is 7.80 Å². The van der Waals surface area contributed by atoms with Gasteiger partial charge in [0.05, 0.1) is 5.56 Å². The van der Waals surface area contributed by atoms with Gasteiger partial charge in [0.15, 0.2) is 5.66 Å². The Kier molecular flexibility index (Phi) is 5.85. The first-order chi connectivity index (χ1) is 10.9. The standard InChI is InChI=1S/C20H24O2P/c1-14-12-15(2)19(16(3)13-14)20(21)23(22)17(4)10-11-18-8-6-5-7-9-18/h5-9,12-13,17H,10-11H2,1-4H3/q+1. The van der Waals surface area contributed by atoms with Crippen LogP contribution in [-0.4, -0.2) is 11.2 Å². The maximum absolute atomic E-state index is 12.7. The molecule has 0 saturated carbocycles. The molecule has 2 aromatic rings. The van der Waals surface area contributed by atoms with E-state index in [0.29, 0.717) is 5.56 Å². The maximum atomic E-state index is 12.7. The summed E-state index contributed by atoms with van der Waals surface area (Å²) < 4.78 is 12.7. The largest absolute Gasteiger partial charge is 0.422 e. The first-order valence-corrected chi connectivity index (χ1v) is 9.35. The summed E-state index contributed by atoms with van der Waals surface area (Å²) in [5, 5.41) is 0. The van der Waals surface area contributed by atoms with Crippen molar-refractivity contribution in [2.45, 2.75) is 46.2 Å². The lowest BCUT2D eigenvalue weighted by Gasteiger charge is -2.07. The van der Waals surface area contributed by atoms with Gasteiger partial charge >= 0.3 is 13.3 Å². The first-order valence-electron chi connectivity index (χ1n) is 8.02. The van der Waals surface area contributed by atoms with E-state index in [-0.39, 0.29) is 11.2 Å². The van der Waals surface area contributed by atoms with E-state index in [4.69, 9.17) is 0 Å². The molecule has 2 aromatic carbocycles. The molecule has 0 aliphatic carbocycles. The second kappa shape index (κ2) is 7.66. The lowest BCUT2D eigenvalue weighted by molar-refractivity contribution is 0.107. The zero-order chi connectivity index (χ0) is 17.0. The van der Waals surface area contributed by atoms with E-state index in [0.717, 1.165) is 29.5 Å². The predicted octanol–water partition coefficient (Wildman–Crippen LogP) is 5.60. The van der Waals surface area contributed by atoms with Crippen LogP contribution in [0.15, 0.2) is 42.5 Å². The number of hydrogen-bond acceptors (Lipinski definition) is 2. The molecular weight excluding hydrogens is 303 g/mol. The Morgan fingerprint density at radius 1 is 1.04 bits per heavy atom. The van der Waals surface area contributed by atoms with Crippen LogP contribution >= 0.6 is 7.80 Å². The minimum atomic E-state index is -1.91. The predicted molar refractivity (Wildman–Crippen MR) is 96.8 cm³/mol. The van der Waals surface area contributed by atoms with E-state index in [9.17, 15) is 9.36 Å². The quantitative estimate of drug-likeness (QED) is 0.647. The molecule has 3 heteroatoms. The number of carbonyl (C=O) groups excluding carboxylic acids is 1. The lowest BCUT2D eigenvalue weighted by Crippen LogP contribution is -2.08. The Morgan fingerprint density at radius 3 is 2.17 bits per heavy atom. The van der Waals surface area contributed by atoms with Crippen molar-refractivity contribution in [3.05, 3.63) is 70.3 Å². The molecule has 0 aliphatic rings. The van der Waals surface area contributed by atoms with Gasteiger partial charge in [-0.25, -0.2) is 4.79 Å². The van der Waals surface area contributed by atoms with Crippen LogP contribution in [0.5, 0.6) is 0 Å². The molecule has 2 unspecified atom stereocenters. The molecule has 0 aliphatic heterocycles. The third-order valence-electron chi connectivity index (χ3n) is 4.19. The number of carbonyl (C=O) groups is 1. The van der Waals surface area contributed by atoms with Crippen molar-refractivity contribution < 1.29 is 9.36 Å². The van der Waals surface area contributed by atoms with Crippen LogP contribution in [0.1, 0.15) is 46.0 Å². The van der Waals surface area contributed by atoms with Crippen LogP contribution in [0.2, 0.25) is 0 Å². The van der Waals surface area contributed by atoms with E-state index in [1.165, 1.54) is 5.56 Å². The molecule has 0 amide bonds. The van der Waals surface area contributed by atoms with Gasteiger partial charge in [-0.2, -0.15) is 0 Å². The number of rotatable bonds is 6. The van der Waals surface area contributed by atoms with E-state index in [1.807, 2.05) is 58.0 Å². The molecule has 0 fully saturated rings. The molecule has 0 N–H and O–H groups in total. The third-order valence-corrected chi connectivity index (χ3v) is 5.87. The molecule has 0 aromatic heterocycles. The van der Waals surface area contributed by atoms with E-state index in [2.05, 4.69) is 12.1 Å². The SMILES string of the molecule is Cc1cc(C)c(C(=O)[P+](=O)C(C)CCc2ccccc2)c(C)c1. The van der Waals surface area contributed by atoms with Crippen LogP contribution in [-0.2, 0) is 11.0 Å². The number of aryl methyl sites for hydroxylation is 4. The van der Waals surface area contributed by atoms with Crippen molar-refractivity contribution in [2.24, 2.45) is 0 Å². The molecule has 2 nitrogen and oxygen atoms in total. The monoisotopic (exact) mass is 327 g/mol. The van der Waals surface area contributed by atoms with Crippen LogP contribution in [0.25, 0.3) is 0 Å². The minimum absolute atomic E-state index is 0.113. The van der Waals surface area contributed by atoms with Gasteiger partial charge < -0.3 is 0 Å². The van der Waals surface area contributed by atoms with Crippen LogP contribution in [0, 0.1) is 20.8 Å². The van der Waals surface area contributed by atoms with Gasteiger partial charge in [0.25, 0.3) is 0 Å². The molecular formula is C20H24O2P+. The summed E-state index contributed by atoms with van der Waals surface area (Å²) in [6, 6.07) is 14.1. The highest BCUT2D eigenvalue weighted by molar-refractivity contribution is 7.65. The molecule has 0 bridgehead atoms. The van der Waals surface area contributed by atoms with Crippen molar-refractivity contribution in [1.82, 2.24) is 0 Å². The van der Waals surface area contributed by atoms with Crippen molar-refractivity contribution >= 4 is 13.3 Å². The summed E-state index contributed by atoms with van der Waals surface area (Å²) in [5.74, 6) is 0. The molecule has 0 radical (unpaired) electrons. The average molecular weight is 327 g/mol. The second-order valence-electron chi connectivity index (χ2n) is 6.28. The van der Waals surface area contributed by atoms with Gasteiger partial charge in [-0.05, 0) is 57.2 Å². The van der Waals surface area contributed by atoms with Crippen molar-refractivity contribution in [1.29, 1.82) is 0 Å². The molecule has 23 heavy (non-hydrogen) atoms. The summed E-state index contributed by atoms with van der Waals surface area (Å²) in [5.41, 5.74) is 4.52. The lowest BCUT2D eigenvalue weighted by atomic mass is 10.0. The second-order valence-corrected chi connectivity index (χ2v) is 8.22. The van der Waals surface area contributed by atoms with Gasteiger partial charge in [0.2, 0.25) is 0 Å². The topological polar surface area (TPSA) is 34.1 Å². The van der Waals surface area contributed by atoms with E-state index in [1.54, 1.807) is 0 Å². The zero-order valence-electron chi connectivity index (χ0n) is 14.3. The van der Waals surface area contributed by atoms with Crippen molar-refractivity contribution in [3.8, 4) is 0 Å². The highest BCUT2D eigenvalue weighted by Crippen LogP contribution is 2.37. The fraction of sp³-hybridized carbons (Fsp3) is 0.350. The Bertz CT molecular complexity index is 697. The highest BCUT2D eigenvalue weighted by atomic mass is 31.1. The number of hydrogen-bond donors (Lipinski definition) is 0. The minimum Gasteiger partial charge on any atom is -0.234 e. The summed E-state index contributed by atoms with van der Waals surface area (Å²) >= 11 is 0. The molecule has 0 heterocycles. The van der Waals surface area contributed by atoms with Gasteiger partial charge in [-0.15, -0.1) is 0 Å². The zero-order valence-corrected chi connectivity index (χ0v) is 15.2. The Morgan fingerprint density at radius 2 is 1.61 bits per heavy atom. The Labute approximate surface area is 139 Å². The van der Waals surface area contributed by atoms with Crippen molar-refractivity contribution in [3.63, 3.8) is 0 Å². The smallest absolute Gasteiger partial charge is 0.234 e. The first kappa shape index (κ1) is 17.6. The van der Waals surface area contributed by atoms with Crippen LogP contribution in [0.3, 0.4) is 0 Å². The maximum Gasteiger partial charge on any atom is 0.422 e. The molecule has 0 spiro atoms. The number of benzene rings is 2. The third kappa shape index (κ3) is 4.36. The van der Waals surface area contributed by atoms with Gasteiger partial charge in [0, 0.05) is 0 Å². The molecule has 2 rings (SSSR count). The highest BCUT2D eigenvalue weighted by Gasteiger charge is 2.37. The summed E-state index contributed by atoms with van der Waals surface area (Å²) in [4.78, 5) is 12.7. The van der Waals surface area contributed by atoms with Gasteiger partial charge in [0.1, 0.15) is 0 Å². The molecule has 120 valence electrons.